The van der Waals surface area contributed by atoms with E-state index in [-0.39, 0.29) is 25.9 Å². The number of nitrogens with one attached hydrogen (secondary N) is 1. The summed E-state index contributed by atoms with van der Waals surface area (Å²) in [5.74, 6) is -2.20. The molecular weight excluding hydrogens is 373 g/mol. The molecule has 0 atom stereocenters. The molecule has 0 amide bonds. The summed E-state index contributed by atoms with van der Waals surface area (Å²) in [5, 5.41) is 0. The summed E-state index contributed by atoms with van der Waals surface area (Å²) < 4.78 is 49.3. The minimum absolute atomic E-state index is 0.0256. The van der Waals surface area contributed by atoms with Gasteiger partial charge in [0.15, 0.2) is 4.21 Å². The highest BCUT2D eigenvalue weighted by Crippen LogP contribution is 2.34. The maximum Gasteiger partial charge on any atom is 0.348 e. The van der Waals surface area contributed by atoms with Crippen molar-refractivity contribution in [3.63, 3.8) is 0 Å². The topological polar surface area (TPSA) is 98.8 Å². The van der Waals surface area contributed by atoms with Gasteiger partial charge in [-0.2, -0.15) is 0 Å². The van der Waals surface area contributed by atoms with Gasteiger partial charge in [-0.05, 0) is 36.8 Å². The molecule has 25 heavy (non-hydrogen) atoms. The maximum absolute atomic E-state index is 13.0. The van der Waals surface area contributed by atoms with Gasteiger partial charge in [-0.15, -0.1) is 11.3 Å². The van der Waals surface area contributed by atoms with Gasteiger partial charge < -0.3 is 9.47 Å². The highest BCUT2D eigenvalue weighted by Gasteiger charge is 2.32. The van der Waals surface area contributed by atoms with E-state index in [4.69, 9.17) is 0 Å². The van der Waals surface area contributed by atoms with E-state index < -0.39 is 27.8 Å². The normalized spacial score (nSPS) is 11.0. The third kappa shape index (κ3) is 3.80. The smallest absolute Gasteiger partial charge is 0.348 e. The van der Waals surface area contributed by atoms with Crippen molar-refractivity contribution in [1.29, 1.82) is 0 Å². The molecule has 2 aromatic rings. The Balaban J connectivity index is 2.57. The second-order valence-electron chi connectivity index (χ2n) is 4.81. The molecule has 0 aliphatic rings. The van der Waals surface area contributed by atoms with Gasteiger partial charge in [0.25, 0.3) is 10.0 Å². The zero-order valence-corrected chi connectivity index (χ0v) is 15.1. The predicted octanol–water partition coefficient (Wildman–Crippen LogP) is 2.57. The van der Waals surface area contributed by atoms with Crippen molar-refractivity contribution in [2.75, 3.05) is 18.9 Å². The molecule has 0 aliphatic heterocycles. The molecule has 134 valence electrons. The Morgan fingerprint density at radius 1 is 1.08 bits per heavy atom. The van der Waals surface area contributed by atoms with Crippen molar-refractivity contribution in [2.24, 2.45) is 0 Å². The Hall–Kier alpha value is -2.46. The minimum Gasteiger partial charge on any atom is -0.465 e. The van der Waals surface area contributed by atoms with E-state index in [0.29, 0.717) is 11.3 Å². The summed E-state index contributed by atoms with van der Waals surface area (Å²) in [6.45, 7) is 1.42. The van der Waals surface area contributed by atoms with E-state index >= 15 is 0 Å². The number of carbonyl (C=O) groups excluding carboxylic acids is 2. The molecule has 1 N–H and O–H groups in total. The summed E-state index contributed by atoms with van der Waals surface area (Å²) >= 11 is 0.592. The zero-order chi connectivity index (χ0) is 18.8. The number of hydrogen-bond donors (Lipinski definition) is 1. The largest absolute Gasteiger partial charge is 0.465 e. The first-order valence-electron chi connectivity index (χ1n) is 6.79. The highest BCUT2D eigenvalue weighted by atomic mass is 32.2. The Bertz CT molecular complexity index is 918. The van der Waals surface area contributed by atoms with Crippen LogP contribution in [0.5, 0.6) is 0 Å². The second kappa shape index (κ2) is 7.19. The molecule has 0 saturated heterocycles. The van der Waals surface area contributed by atoms with Crippen LogP contribution in [0.2, 0.25) is 0 Å². The van der Waals surface area contributed by atoms with Gasteiger partial charge in [0.1, 0.15) is 10.7 Å². The predicted molar refractivity (Wildman–Crippen MR) is 88.9 cm³/mol. The van der Waals surface area contributed by atoms with Gasteiger partial charge in [-0.25, -0.2) is 22.4 Å². The molecule has 0 bridgehead atoms. The van der Waals surface area contributed by atoms with Gasteiger partial charge in [-0.1, -0.05) is 0 Å². The molecule has 1 aromatic heterocycles. The number of halogens is 1. The van der Waals surface area contributed by atoms with Gasteiger partial charge in [-0.3, -0.25) is 4.72 Å². The van der Waals surface area contributed by atoms with Crippen molar-refractivity contribution < 1.29 is 31.9 Å². The van der Waals surface area contributed by atoms with Crippen molar-refractivity contribution in [1.82, 2.24) is 0 Å². The van der Waals surface area contributed by atoms with E-state index in [0.717, 1.165) is 26.4 Å². The summed E-state index contributed by atoms with van der Waals surface area (Å²) in [6, 6.07) is 4.62. The first-order chi connectivity index (χ1) is 11.7. The summed E-state index contributed by atoms with van der Waals surface area (Å²) in [5.41, 5.74) is -0.00594. The molecule has 7 nitrogen and oxygen atoms in total. The molecule has 0 unspecified atom stereocenters. The van der Waals surface area contributed by atoms with E-state index in [2.05, 4.69) is 14.2 Å². The van der Waals surface area contributed by atoms with Crippen LogP contribution in [-0.2, 0) is 19.5 Å². The monoisotopic (exact) mass is 387 g/mol. The SMILES string of the molecule is COC(=O)c1sc(S(=O)(=O)Nc2ccc(F)cc2)c(C(=O)OC)c1C. The third-order valence-electron chi connectivity index (χ3n) is 3.22. The van der Waals surface area contributed by atoms with Crippen LogP contribution in [0.4, 0.5) is 10.1 Å². The van der Waals surface area contributed by atoms with Crippen molar-refractivity contribution >= 4 is 39.0 Å². The van der Waals surface area contributed by atoms with E-state index in [1.807, 2.05) is 0 Å². The van der Waals surface area contributed by atoms with E-state index in [1.165, 1.54) is 19.1 Å². The number of thiophene rings is 1. The lowest BCUT2D eigenvalue weighted by Gasteiger charge is -2.08. The van der Waals surface area contributed by atoms with Crippen LogP contribution in [0, 0.1) is 12.7 Å². The van der Waals surface area contributed by atoms with Crippen LogP contribution >= 0.6 is 11.3 Å². The molecule has 1 aromatic carbocycles. The lowest BCUT2D eigenvalue weighted by atomic mass is 10.2. The Labute approximate surface area is 147 Å². The number of esters is 2. The summed E-state index contributed by atoms with van der Waals surface area (Å²) in [7, 11) is -1.98. The van der Waals surface area contributed by atoms with Crippen LogP contribution in [0.3, 0.4) is 0 Å². The average Bonchev–Trinajstić information content (AvgIpc) is 2.93. The van der Waals surface area contributed by atoms with Gasteiger partial charge in [0.2, 0.25) is 0 Å². The van der Waals surface area contributed by atoms with Gasteiger partial charge in [0, 0.05) is 5.69 Å². The van der Waals surface area contributed by atoms with Crippen molar-refractivity contribution in [3.8, 4) is 0 Å². The van der Waals surface area contributed by atoms with Crippen LogP contribution in [0.25, 0.3) is 0 Å². The number of ether oxygens (including phenoxy) is 2. The molecule has 2 rings (SSSR count). The van der Waals surface area contributed by atoms with E-state index in [1.54, 1.807) is 0 Å². The van der Waals surface area contributed by atoms with Crippen LogP contribution < -0.4 is 4.72 Å². The number of rotatable bonds is 5. The van der Waals surface area contributed by atoms with E-state index in [9.17, 15) is 22.4 Å². The number of hydrogen-bond acceptors (Lipinski definition) is 7. The third-order valence-corrected chi connectivity index (χ3v) is 6.39. The second-order valence-corrected chi connectivity index (χ2v) is 7.71. The molecule has 0 saturated carbocycles. The number of anilines is 1. The quantitative estimate of drug-likeness (QED) is 0.792. The van der Waals surface area contributed by atoms with Crippen LogP contribution in [-0.4, -0.2) is 34.6 Å². The fourth-order valence-electron chi connectivity index (χ4n) is 2.02. The molecule has 10 heteroatoms. The number of methoxy groups -OCH3 is 2. The molecule has 0 aliphatic carbocycles. The summed E-state index contributed by atoms with van der Waals surface area (Å²) in [6.07, 6.45) is 0. The molecule has 0 spiro atoms. The zero-order valence-electron chi connectivity index (χ0n) is 13.5. The highest BCUT2D eigenvalue weighted by molar-refractivity contribution is 7.94. The Kier molecular flexibility index (Phi) is 5.43. The molecular formula is C15H14FNO6S2. The summed E-state index contributed by atoms with van der Waals surface area (Å²) in [4.78, 5) is 23.8. The van der Waals surface area contributed by atoms with Crippen LogP contribution in [0.1, 0.15) is 25.6 Å². The fraction of sp³-hybridized carbons (Fsp3) is 0.200. The standard InChI is InChI=1S/C15H14FNO6S2/c1-8-11(13(18)22-2)15(24-12(8)14(19)23-3)25(20,21)17-10-6-4-9(16)5-7-10/h4-7,17H,1-3H3. The van der Waals surface area contributed by atoms with Crippen molar-refractivity contribution in [3.05, 3.63) is 46.1 Å². The Morgan fingerprint density at radius 3 is 2.16 bits per heavy atom. The lowest BCUT2D eigenvalue weighted by Crippen LogP contribution is -2.16. The van der Waals surface area contributed by atoms with Gasteiger partial charge in [0.05, 0.1) is 19.8 Å². The first-order valence-corrected chi connectivity index (χ1v) is 9.09. The number of carbonyl (C=O) groups is 2. The van der Waals surface area contributed by atoms with Crippen molar-refractivity contribution in [2.45, 2.75) is 11.1 Å². The molecule has 1 heterocycles. The minimum atomic E-state index is -4.22. The Morgan fingerprint density at radius 2 is 1.64 bits per heavy atom. The number of benzene rings is 1. The average molecular weight is 387 g/mol. The first kappa shape index (κ1) is 18.9. The molecule has 0 fully saturated rings. The fourth-order valence-corrected chi connectivity index (χ4v) is 4.83. The van der Waals surface area contributed by atoms with Gasteiger partial charge >= 0.3 is 11.9 Å². The number of sulfonamides is 1. The van der Waals surface area contributed by atoms with Crippen LogP contribution in [0.15, 0.2) is 28.5 Å². The maximum atomic E-state index is 13.0. The lowest BCUT2D eigenvalue weighted by molar-refractivity contribution is 0.0596. The molecule has 0 radical (unpaired) electrons.